The number of halogens is 1. The number of hydrogen-bond donors (Lipinski definition) is 2. The quantitative estimate of drug-likeness (QED) is 0.594. The molecule has 0 saturated carbocycles. The fourth-order valence-corrected chi connectivity index (χ4v) is 4.92. The van der Waals surface area contributed by atoms with Crippen LogP contribution in [0.4, 0.5) is 4.39 Å². The van der Waals surface area contributed by atoms with E-state index >= 15 is 0 Å². The summed E-state index contributed by atoms with van der Waals surface area (Å²) in [6.07, 6.45) is 0.637. The third-order valence-electron chi connectivity index (χ3n) is 5.26. The van der Waals surface area contributed by atoms with Crippen LogP contribution in [0.2, 0.25) is 0 Å². The number of hydrogen-bond acceptors (Lipinski definition) is 4. The average molecular weight is 453 g/mol. The van der Waals surface area contributed by atoms with E-state index in [1.165, 1.54) is 46.8 Å². The highest BCUT2D eigenvalue weighted by atomic mass is 32.2. The smallest absolute Gasteiger partial charge is 0.267 e. The highest BCUT2D eigenvalue weighted by Gasteiger charge is 2.28. The highest BCUT2D eigenvalue weighted by Crippen LogP contribution is 2.25. The van der Waals surface area contributed by atoms with Crippen LogP contribution in [0.1, 0.15) is 31.8 Å². The molecule has 0 aromatic heterocycles. The largest absolute Gasteiger partial charge is 0.272 e. The maximum Gasteiger partial charge on any atom is 0.272 e. The molecule has 1 heterocycles. The number of hydrazine groups is 1. The van der Waals surface area contributed by atoms with Crippen molar-refractivity contribution >= 4 is 21.8 Å². The zero-order valence-electron chi connectivity index (χ0n) is 16.9. The van der Waals surface area contributed by atoms with Crippen LogP contribution in [-0.4, -0.2) is 31.1 Å². The molecule has 2 N–H and O–H groups in total. The molecule has 32 heavy (non-hydrogen) atoms. The topological polar surface area (TPSA) is 95.6 Å². The number of amides is 2. The summed E-state index contributed by atoms with van der Waals surface area (Å²) >= 11 is 0. The Morgan fingerprint density at radius 2 is 1.44 bits per heavy atom. The van der Waals surface area contributed by atoms with E-state index in [0.29, 0.717) is 19.5 Å². The van der Waals surface area contributed by atoms with E-state index in [2.05, 4.69) is 10.9 Å². The van der Waals surface area contributed by atoms with Gasteiger partial charge in [0.1, 0.15) is 5.82 Å². The summed E-state index contributed by atoms with van der Waals surface area (Å²) in [5.41, 5.74) is 6.38. The Bertz CT molecular complexity index is 1280. The summed E-state index contributed by atoms with van der Waals surface area (Å²) in [7, 11) is -3.72. The molecule has 9 heteroatoms. The van der Waals surface area contributed by atoms with Gasteiger partial charge in [-0.15, -0.1) is 0 Å². The summed E-state index contributed by atoms with van der Waals surface area (Å²) in [5.74, 6) is -2.18. The summed E-state index contributed by atoms with van der Waals surface area (Å²) in [4.78, 5) is 24.4. The summed E-state index contributed by atoms with van der Waals surface area (Å²) in [6, 6.07) is 18.5. The van der Waals surface area contributed by atoms with E-state index in [9.17, 15) is 22.4 Å². The molecule has 3 aromatic rings. The molecule has 0 bridgehead atoms. The van der Waals surface area contributed by atoms with Gasteiger partial charge in [0.15, 0.2) is 0 Å². The number of nitrogens with one attached hydrogen (secondary N) is 2. The van der Waals surface area contributed by atoms with Crippen LogP contribution in [0.3, 0.4) is 0 Å². The van der Waals surface area contributed by atoms with Crippen molar-refractivity contribution in [1.29, 1.82) is 0 Å². The zero-order valence-corrected chi connectivity index (χ0v) is 17.7. The second-order valence-corrected chi connectivity index (χ2v) is 9.21. The Labute approximate surface area is 184 Å². The van der Waals surface area contributed by atoms with Crippen LogP contribution in [0.15, 0.2) is 77.7 Å². The first kappa shape index (κ1) is 21.7. The van der Waals surface area contributed by atoms with E-state index in [1.54, 1.807) is 0 Å². The molecule has 0 fully saturated rings. The van der Waals surface area contributed by atoms with Gasteiger partial charge in [-0.2, -0.15) is 4.31 Å². The van der Waals surface area contributed by atoms with Crippen molar-refractivity contribution in [3.8, 4) is 0 Å². The van der Waals surface area contributed by atoms with Crippen molar-refractivity contribution < 1.29 is 22.4 Å². The second-order valence-electron chi connectivity index (χ2n) is 7.27. The maximum atomic E-state index is 13.6. The number of fused-ring (bicyclic) bond motifs is 1. The van der Waals surface area contributed by atoms with Gasteiger partial charge < -0.3 is 0 Å². The van der Waals surface area contributed by atoms with Gasteiger partial charge in [0.25, 0.3) is 11.8 Å². The number of carbonyl (C=O) groups excluding carboxylic acids is 2. The van der Waals surface area contributed by atoms with Gasteiger partial charge in [0, 0.05) is 18.7 Å². The Balaban J connectivity index is 1.42. The molecule has 1 aliphatic heterocycles. The average Bonchev–Trinajstić information content (AvgIpc) is 2.82. The van der Waals surface area contributed by atoms with Crippen molar-refractivity contribution in [2.24, 2.45) is 0 Å². The van der Waals surface area contributed by atoms with E-state index in [0.717, 1.165) is 17.2 Å². The van der Waals surface area contributed by atoms with Crippen molar-refractivity contribution in [1.82, 2.24) is 15.2 Å². The number of nitrogens with zero attached hydrogens (tertiary/aromatic N) is 1. The van der Waals surface area contributed by atoms with Crippen molar-refractivity contribution in [3.63, 3.8) is 0 Å². The molecular formula is C23H20FN3O4S. The maximum absolute atomic E-state index is 13.6. The molecule has 0 atom stereocenters. The summed E-state index contributed by atoms with van der Waals surface area (Å²) in [5, 5.41) is 0. The minimum Gasteiger partial charge on any atom is -0.267 e. The molecule has 2 amide bonds. The number of rotatable bonds is 4. The molecule has 0 radical (unpaired) electrons. The van der Waals surface area contributed by atoms with Crippen LogP contribution >= 0.6 is 0 Å². The van der Waals surface area contributed by atoms with Gasteiger partial charge in [-0.1, -0.05) is 36.4 Å². The minimum absolute atomic E-state index is 0.0730. The molecule has 0 spiro atoms. The SMILES string of the molecule is O=C(NNC(=O)c1ccccc1F)c1ccc(S(=O)(=O)N2CCc3ccccc3C2)cc1. The fraction of sp³-hybridized carbons (Fsp3) is 0.130. The van der Waals surface area contributed by atoms with E-state index in [-0.39, 0.29) is 16.0 Å². The van der Waals surface area contributed by atoms with E-state index in [4.69, 9.17) is 0 Å². The van der Waals surface area contributed by atoms with E-state index < -0.39 is 27.7 Å². The number of sulfonamides is 1. The second kappa shape index (κ2) is 8.89. The third kappa shape index (κ3) is 4.39. The Morgan fingerprint density at radius 1 is 0.812 bits per heavy atom. The number of carbonyl (C=O) groups is 2. The molecule has 1 aliphatic rings. The van der Waals surface area contributed by atoms with Gasteiger partial charge in [0.2, 0.25) is 10.0 Å². The molecule has 4 rings (SSSR count). The lowest BCUT2D eigenvalue weighted by molar-refractivity contribution is 0.0844. The number of benzene rings is 3. The van der Waals surface area contributed by atoms with Crippen LogP contribution in [-0.2, 0) is 23.0 Å². The Morgan fingerprint density at radius 3 is 2.16 bits per heavy atom. The first-order valence-corrected chi connectivity index (χ1v) is 11.3. The van der Waals surface area contributed by atoms with Gasteiger partial charge >= 0.3 is 0 Å². The Kier molecular flexibility index (Phi) is 6.02. The summed E-state index contributed by atoms with van der Waals surface area (Å²) in [6.45, 7) is 0.673. The van der Waals surface area contributed by atoms with Crippen LogP contribution in [0.25, 0.3) is 0 Å². The van der Waals surface area contributed by atoms with Crippen molar-refractivity contribution in [2.45, 2.75) is 17.9 Å². The predicted molar refractivity (Wildman–Crippen MR) is 116 cm³/mol. The van der Waals surface area contributed by atoms with Gasteiger partial charge in [-0.3, -0.25) is 20.4 Å². The van der Waals surface area contributed by atoms with Crippen LogP contribution in [0.5, 0.6) is 0 Å². The van der Waals surface area contributed by atoms with Crippen LogP contribution in [0, 0.1) is 5.82 Å². The zero-order chi connectivity index (χ0) is 22.7. The predicted octanol–water partition coefficient (Wildman–Crippen LogP) is 2.65. The molecule has 3 aromatic carbocycles. The molecular weight excluding hydrogens is 433 g/mol. The highest BCUT2D eigenvalue weighted by molar-refractivity contribution is 7.89. The Hall–Kier alpha value is -3.56. The van der Waals surface area contributed by atoms with Crippen molar-refractivity contribution in [3.05, 3.63) is 101 Å². The molecule has 7 nitrogen and oxygen atoms in total. The molecule has 0 unspecified atom stereocenters. The molecule has 164 valence electrons. The van der Waals surface area contributed by atoms with Gasteiger partial charge in [0.05, 0.1) is 10.5 Å². The first-order valence-electron chi connectivity index (χ1n) is 9.88. The lowest BCUT2D eigenvalue weighted by Gasteiger charge is -2.28. The van der Waals surface area contributed by atoms with Gasteiger partial charge in [-0.05, 0) is 53.9 Å². The normalized spacial score (nSPS) is 13.8. The first-order chi connectivity index (χ1) is 15.4. The molecule has 0 saturated heterocycles. The minimum atomic E-state index is -3.72. The standard InChI is InChI=1S/C23H20FN3O4S/c24-21-8-4-3-7-20(21)23(29)26-25-22(28)17-9-11-19(12-10-17)32(30,31)27-14-13-16-5-1-2-6-18(16)15-27/h1-12H,13-15H2,(H,25,28)(H,26,29). The molecule has 0 aliphatic carbocycles. The van der Waals surface area contributed by atoms with Crippen molar-refractivity contribution in [2.75, 3.05) is 6.54 Å². The monoisotopic (exact) mass is 453 g/mol. The van der Waals surface area contributed by atoms with Crippen LogP contribution < -0.4 is 10.9 Å². The third-order valence-corrected chi connectivity index (χ3v) is 7.12. The lowest BCUT2D eigenvalue weighted by Crippen LogP contribution is -2.42. The lowest BCUT2D eigenvalue weighted by atomic mass is 10.0. The fourth-order valence-electron chi connectivity index (χ4n) is 3.50. The summed E-state index contributed by atoms with van der Waals surface area (Å²) < 4.78 is 41.1. The van der Waals surface area contributed by atoms with E-state index in [1.807, 2.05) is 24.3 Å². The van der Waals surface area contributed by atoms with Gasteiger partial charge in [-0.25, -0.2) is 12.8 Å².